The summed E-state index contributed by atoms with van der Waals surface area (Å²) >= 11 is 1.84. The van der Waals surface area contributed by atoms with Crippen LogP contribution in [0.5, 0.6) is 0 Å². The van der Waals surface area contributed by atoms with Crippen molar-refractivity contribution >= 4 is 59.0 Å². The Kier molecular flexibility index (Phi) is 11.6. The Morgan fingerprint density at radius 3 is 2.18 bits per heavy atom. The second-order valence-corrected chi connectivity index (χ2v) is 12.6. The number of benzene rings is 4. The Bertz CT molecular complexity index is 1980. The molecule has 45 heavy (non-hydrogen) atoms. The number of hydrogen-bond acceptors (Lipinski definition) is 3. The van der Waals surface area contributed by atoms with Crippen LogP contribution in [0.3, 0.4) is 0 Å². The maximum Gasteiger partial charge on any atom is 0.162 e. The van der Waals surface area contributed by atoms with E-state index in [9.17, 15) is 9.90 Å². The predicted octanol–water partition coefficient (Wildman–Crippen LogP) is 10.9. The number of carbonyl (C=O) groups is 1. The van der Waals surface area contributed by atoms with Gasteiger partial charge in [0.2, 0.25) is 0 Å². The van der Waals surface area contributed by atoms with E-state index in [0.29, 0.717) is 0 Å². The number of nitrogens with zero attached hydrogens (tertiary/aromatic N) is 1. The molecule has 0 aliphatic heterocycles. The van der Waals surface area contributed by atoms with E-state index in [-0.39, 0.29) is 43.5 Å². The van der Waals surface area contributed by atoms with Crippen molar-refractivity contribution in [1.29, 1.82) is 0 Å². The van der Waals surface area contributed by atoms with Gasteiger partial charge < -0.3 is 9.67 Å². The minimum atomic E-state index is 0. The average molecular weight is 793 g/mol. The zero-order valence-electron chi connectivity index (χ0n) is 26.8. The Morgan fingerprint density at radius 2 is 1.49 bits per heavy atom. The molecule has 0 saturated carbocycles. The van der Waals surface area contributed by atoms with E-state index in [1.54, 1.807) is 0 Å². The van der Waals surface area contributed by atoms with Gasteiger partial charge in [0, 0.05) is 49.8 Å². The van der Waals surface area contributed by atoms with E-state index < -0.39 is 0 Å². The van der Waals surface area contributed by atoms with Crippen LogP contribution in [0.15, 0.2) is 90.7 Å². The second-order valence-electron chi connectivity index (χ2n) is 11.5. The number of hydrogen-bond donors (Lipinski definition) is 1. The van der Waals surface area contributed by atoms with Crippen molar-refractivity contribution in [3.8, 4) is 11.3 Å². The molecule has 0 aliphatic carbocycles. The van der Waals surface area contributed by atoms with Gasteiger partial charge in [0.15, 0.2) is 5.78 Å². The normalized spacial score (nSPS) is 11.8. The third-order valence-electron chi connectivity index (χ3n) is 8.82. The number of ketones is 1. The van der Waals surface area contributed by atoms with Crippen molar-refractivity contribution in [1.82, 2.24) is 0 Å². The standard InChI is InChI=1S/C27H18NS.C13H24O2.Ir/c1-17-15-22-21-9-5-6-10-26(21)29-27(22)23(16-17)25-14-12-20-19-8-4-3-7-18(19)11-13-24(20)28(25)2;1-5-10(6-2)12(14)9-13(15)11(7-3)8-4;/h3-15H,2H2,1H3;9-11,14H,5-8H2,1-4H3;/q-1;;/b;12-9-;. The van der Waals surface area contributed by atoms with Crippen molar-refractivity contribution in [2.24, 2.45) is 11.8 Å². The van der Waals surface area contributed by atoms with Crippen LogP contribution in [0.1, 0.15) is 58.9 Å². The number of carbonyl (C=O) groups excluding carboxylic acids is 1. The molecule has 0 aliphatic rings. The van der Waals surface area contributed by atoms with Crippen molar-refractivity contribution in [3.63, 3.8) is 0 Å². The molecule has 6 aromatic rings. The number of aliphatic hydroxyl groups excluding tert-OH is 1. The van der Waals surface area contributed by atoms with E-state index in [1.807, 2.05) is 39.0 Å². The summed E-state index contributed by atoms with van der Waals surface area (Å²) in [6.45, 7) is 10.2. The summed E-state index contributed by atoms with van der Waals surface area (Å²) in [6.07, 6.45) is 4.91. The number of allylic oxidation sites excluding steroid dienone is 2. The first-order valence-electron chi connectivity index (χ1n) is 15.8. The van der Waals surface area contributed by atoms with Crippen molar-refractivity contribution in [2.75, 3.05) is 0 Å². The molecule has 1 radical (unpaired) electrons. The van der Waals surface area contributed by atoms with Crippen LogP contribution < -0.4 is 4.57 Å². The minimum absolute atomic E-state index is 0. The summed E-state index contributed by atoms with van der Waals surface area (Å²) in [5, 5.41) is 16.1. The average Bonchev–Trinajstić information content (AvgIpc) is 3.41. The molecule has 5 heteroatoms. The second kappa shape index (κ2) is 15.2. The van der Waals surface area contributed by atoms with Crippen LogP contribution in [0.25, 0.3) is 53.1 Å². The van der Waals surface area contributed by atoms with E-state index in [4.69, 9.17) is 0 Å². The SMILES string of the molecule is CCC(CC)C(=O)/C=C(\O)C(CC)CC.[CH2-][n+]1c(-c2[c-]c(C)cc3c2sc2ccccc23)ccc2c3ccccc3ccc21.[Ir]. The van der Waals surface area contributed by atoms with Gasteiger partial charge in [-0.15, -0.1) is 17.7 Å². The van der Waals surface area contributed by atoms with Gasteiger partial charge in [-0.1, -0.05) is 100 Å². The number of aliphatic hydroxyl groups is 1. The van der Waals surface area contributed by atoms with Crippen LogP contribution >= 0.6 is 11.3 Å². The number of thiophene rings is 1. The van der Waals surface area contributed by atoms with Crippen molar-refractivity contribution in [2.45, 2.75) is 60.3 Å². The number of aromatic nitrogens is 1. The first-order chi connectivity index (χ1) is 21.3. The molecule has 0 spiro atoms. The van der Waals surface area contributed by atoms with Crippen LogP contribution in [-0.4, -0.2) is 10.9 Å². The van der Waals surface area contributed by atoms with Gasteiger partial charge in [-0.2, -0.15) is 11.3 Å². The Hall–Kier alpha value is -3.50. The van der Waals surface area contributed by atoms with Crippen molar-refractivity contribution < 1.29 is 34.6 Å². The summed E-state index contributed by atoms with van der Waals surface area (Å²) in [5.41, 5.74) is 4.50. The van der Waals surface area contributed by atoms with Crippen LogP contribution in [0, 0.1) is 31.9 Å². The summed E-state index contributed by atoms with van der Waals surface area (Å²) in [4.78, 5) is 11.7. The molecule has 3 nitrogen and oxygen atoms in total. The van der Waals surface area contributed by atoms with Gasteiger partial charge in [-0.3, -0.25) is 4.79 Å². The molecular formula is C40H42IrNO2S-. The topological polar surface area (TPSA) is 41.2 Å². The summed E-state index contributed by atoms with van der Waals surface area (Å²) < 4.78 is 4.65. The number of fused-ring (bicyclic) bond motifs is 6. The van der Waals surface area contributed by atoms with Gasteiger partial charge in [0.25, 0.3) is 0 Å². The van der Waals surface area contributed by atoms with E-state index in [1.165, 1.54) is 42.4 Å². The molecule has 2 heterocycles. The summed E-state index contributed by atoms with van der Waals surface area (Å²) in [7, 11) is 4.42. The van der Waals surface area contributed by atoms with E-state index in [2.05, 4.69) is 103 Å². The molecule has 0 atom stereocenters. The fourth-order valence-corrected chi connectivity index (χ4v) is 7.35. The molecule has 0 fully saturated rings. The molecule has 0 bridgehead atoms. The van der Waals surface area contributed by atoms with Crippen LogP contribution in [0.2, 0.25) is 0 Å². The van der Waals surface area contributed by atoms with Crippen molar-refractivity contribution in [3.05, 3.63) is 109 Å². The first kappa shape index (κ1) is 34.4. The quantitative estimate of drug-likeness (QED) is 0.0548. The Labute approximate surface area is 285 Å². The fraction of sp³-hybridized carbons (Fsp3) is 0.275. The zero-order chi connectivity index (χ0) is 31.4. The monoisotopic (exact) mass is 793 g/mol. The van der Waals surface area contributed by atoms with Gasteiger partial charge in [0.05, 0.1) is 5.76 Å². The van der Waals surface area contributed by atoms with E-state index >= 15 is 0 Å². The molecule has 6 rings (SSSR count). The fourth-order valence-electron chi connectivity index (χ4n) is 6.16. The predicted molar refractivity (Wildman–Crippen MR) is 188 cm³/mol. The number of pyridine rings is 1. The summed E-state index contributed by atoms with van der Waals surface area (Å²) in [5.74, 6) is 0.547. The molecule has 2 aromatic heterocycles. The maximum absolute atomic E-state index is 11.7. The van der Waals surface area contributed by atoms with E-state index in [0.717, 1.165) is 48.0 Å². The molecule has 0 saturated heterocycles. The molecule has 0 amide bonds. The maximum atomic E-state index is 11.7. The third kappa shape index (κ3) is 7.02. The largest absolute Gasteiger partial charge is 0.512 e. The number of rotatable bonds is 8. The van der Waals surface area contributed by atoms with Crippen LogP contribution in [-0.2, 0) is 24.9 Å². The Morgan fingerprint density at radius 1 is 0.844 bits per heavy atom. The minimum Gasteiger partial charge on any atom is -0.512 e. The molecule has 4 aromatic carbocycles. The van der Waals surface area contributed by atoms with Gasteiger partial charge in [-0.25, -0.2) is 0 Å². The molecule has 235 valence electrons. The van der Waals surface area contributed by atoms with Gasteiger partial charge >= 0.3 is 0 Å². The van der Waals surface area contributed by atoms with Gasteiger partial charge in [0.1, 0.15) is 11.2 Å². The first-order valence-corrected chi connectivity index (χ1v) is 16.6. The van der Waals surface area contributed by atoms with Crippen LogP contribution in [0.4, 0.5) is 0 Å². The number of aryl methyl sites for hydroxylation is 1. The third-order valence-corrected chi connectivity index (χ3v) is 10.0. The molecular weight excluding hydrogens is 751 g/mol. The zero-order valence-corrected chi connectivity index (χ0v) is 30.0. The Balaban J connectivity index is 0.000000249. The van der Waals surface area contributed by atoms with Gasteiger partial charge in [-0.05, 0) is 70.1 Å². The smallest absolute Gasteiger partial charge is 0.162 e. The molecule has 1 N–H and O–H groups in total. The summed E-state index contributed by atoms with van der Waals surface area (Å²) in [6, 6.07) is 31.8. The molecule has 0 unspecified atom stereocenters.